The van der Waals surface area contributed by atoms with Crippen LogP contribution in [0.5, 0.6) is 0 Å². The summed E-state index contributed by atoms with van der Waals surface area (Å²) >= 11 is 0. The van der Waals surface area contributed by atoms with Gasteiger partial charge in [-0.3, -0.25) is 28.8 Å². The lowest BCUT2D eigenvalue weighted by Crippen LogP contribution is -2.45. The summed E-state index contributed by atoms with van der Waals surface area (Å²) in [6, 6.07) is 9.55. The number of aromatic nitrogens is 6. The first-order valence-electron chi connectivity index (χ1n) is 18.8. The van der Waals surface area contributed by atoms with Crippen molar-refractivity contribution in [1.82, 2.24) is 34.4 Å². The number of rotatable bonds is 13. The SMILES string of the molecule is COCc1ncc(-c2ccc(S(=O)(=O)Nc3cc(F)c(C(=O)N[C@@H](Cc4ccc(-n5c(=O)c6ccncc6n(C)c5=O)cn4)C(=O)OC4CCCCC4)cc3F)cc2)cn1. The van der Waals surface area contributed by atoms with Crippen molar-refractivity contribution in [3.63, 3.8) is 0 Å². The van der Waals surface area contributed by atoms with Crippen LogP contribution in [-0.4, -0.2) is 68.6 Å². The van der Waals surface area contributed by atoms with Crippen molar-refractivity contribution in [3.8, 4) is 16.8 Å². The summed E-state index contributed by atoms with van der Waals surface area (Å²) in [5.74, 6) is -4.09. The monoisotopic (exact) mass is 840 g/mol. The fourth-order valence-corrected chi connectivity index (χ4v) is 7.85. The van der Waals surface area contributed by atoms with Gasteiger partial charge in [0.1, 0.15) is 30.4 Å². The second-order valence-electron chi connectivity index (χ2n) is 14.1. The van der Waals surface area contributed by atoms with Crippen molar-refractivity contribution < 1.29 is 36.3 Å². The third-order valence-electron chi connectivity index (χ3n) is 10.0. The number of pyridine rings is 2. The normalized spacial score (nSPS) is 13.8. The van der Waals surface area contributed by atoms with Crippen LogP contribution in [0.15, 0.2) is 100 Å². The zero-order valence-electron chi connectivity index (χ0n) is 32.3. The van der Waals surface area contributed by atoms with Crippen LogP contribution in [0.1, 0.15) is 54.0 Å². The molecule has 4 heterocycles. The van der Waals surface area contributed by atoms with E-state index in [9.17, 15) is 27.6 Å². The summed E-state index contributed by atoms with van der Waals surface area (Å²) < 4.78 is 72.4. The van der Waals surface area contributed by atoms with Gasteiger partial charge in [-0.05, 0) is 67.6 Å². The van der Waals surface area contributed by atoms with Gasteiger partial charge in [0.15, 0.2) is 5.82 Å². The van der Waals surface area contributed by atoms with E-state index in [4.69, 9.17) is 9.47 Å². The molecule has 2 aromatic carbocycles. The van der Waals surface area contributed by atoms with Crippen molar-refractivity contribution in [1.29, 1.82) is 0 Å². The molecule has 60 heavy (non-hydrogen) atoms. The van der Waals surface area contributed by atoms with Gasteiger partial charge < -0.3 is 14.8 Å². The number of hydrogen-bond donors (Lipinski definition) is 2. The molecule has 0 saturated heterocycles. The molecule has 1 aliphatic rings. The van der Waals surface area contributed by atoms with Gasteiger partial charge >= 0.3 is 11.7 Å². The molecule has 0 spiro atoms. The van der Waals surface area contributed by atoms with E-state index in [1.807, 2.05) is 4.72 Å². The largest absolute Gasteiger partial charge is 0.461 e. The second-order valence-corrected chi connectivity index (χ2v) is 15.8. The fourth-order valence-electron chi connectivity index (χ4n) is 6.80. The van der Waals surface area contributed by atoms with E-state index in [0.717, 1.165) is 23.8 Å². The van der Waals surface area contributed by atoms with Crippen molar-refractivity contribution in [2.45, 2.75) is 62.2 Å². The molecule has 0 radical (unpaired) electrons. The van der Waals surface area contributed by atoms with E-state index in [1.165, 1.54) is 79.8 Å². The minimum Gasteiger partial charge on any atom is -0.461 e. The summed E-state index contributed by atoms with van der Waals surface area (Å²) in [5.41, 5.74) is -0.883. The summed E-state index contributed by atoms with van der Waals surface area (Å²) in [7, 11) is -1.42. The lowest BCUT2D eigenvalue weighted by atomic mass is 9.97. The molecule has 0 aliphatic heterocycles. The summed E-state index contributed by atoms with van der Waals surface area (Å²) in [5, 5.41) is 2.68. The Balaban J connectivity index is 1.09. The van der Waals surface area contributed by atoms with Crippen LogP contribution in [0.2, 0.25) is 0 Å². The Kier molecular flexibility index (Phi) is 12.2. The predicted molar refractivity (Wildman–Crippen MR) is 214 cm³/mol. The minimum absolute atomic E-state index is 0.137. The molecule has 310 valence electrons. The highest BCUT2D eigenvalue weighted by Crippen LogP contribution is 2.26. The van der Waals surface area contributed by atoms with Crippen molar-refractivity contribution in [2.24, 2.45) is 7.05 Å². The van der Waals surface area contributed by atoms with Crippen LogP contribution in [0.25, 0.3) is 27.7 Å². The molecule has 0 bridgehead atoms. The maximum atomic E-state index is 15.6. The number of methoxy groups -OCH3 is 1. The molecular formula is C41H38F2N8O8S. The van der Waals surface area contributed by atoms with Crippen LogP contribution >= 0.6 is 0 Å². The summed E-state index contributed by atoms with van der Waals surface area (Å²) in [4.78, 5) is 69.9. The second kappa shape index (κ2) is 17.6. The molecule has 0 unspecified atom stereocenters. The quantitative estimate of drug-likeness (QED) is 0.156. The Bertz CT molecular complexity index is 2800. The number of hydrogen-bond acceptors (Lipinski definition) is 12. The third-order valence-corrected chi connectivity index (χ3v) is 11.4. The van der Waals surface area contributed by atoms with Crippen LogP contribution in [-0.2, 0) is 44.4 Å². The number of esters is 1. The smallest absolute Gasteiger partial charge is 0.335 e. The number of amides is 1. The molecule has 6 aromatic rings. The van der Waals surface area contributed by atoms with Gasteiger partial charge in [-0.2, -0.15) is 0 Å². The Labute approximate surface area is 341 Å². The number of benzene rings is 2. The van der Waals surface area contributed by atoms with Gasteiger partial charge in [0.05, 0.1) is 45.1 Å². The zero-order chi connectivity index (χ0) is 42.6. The van der Waals surface area contributed by atoms with Crippen LogP contribution in [0, 0.1) is 11.6 Å². The first-order chi connectivity index (χ1) is 28.8. The molecule has 1 saturated carbocycles. The van der Waals surface area contributed by atoms with E-state index in [1.54, 1.807) is 12.4 Å². The fraction of sp³-hybridized carbons (Fsp3) is 0.268. The topological polar surface area (TPSA) is 206 Å². The molecular weight excluding hydrogens is 803 g/mol. The van der Waals surface area contributed by atoms with E-state index in [2.05, 4.69) is 25.3 Å². The van der Waals surface area contributed by atoms with Crippen LogP contribution in [0.4, 0.5) is 14.5 Å². The number of carbonyl (C=O) groups is 2. The maximum Gasteiger partial charge on any atom is 0.335 e. The number of carbonyl (C=O) groups excluding carboxylic acids is 2. The average molecular weight is 841 g/mol. The van der Waals surface area contributed by atoms with E-state index < -0.39 is 68.2 Å². The molecule has 2 N–H and O–H groups in total. The van der Waals surface area contributed by atoms with E-state index in [0.29, 0.717) is 47.4 Å². The number of nitrogens with one attached hydrogen (secondary N) is 2. The van der Waals surface area contributed by atoms with Gasteiger partial charge in [0.25, 0.3) is 21.5 Å². The van der Waals surface area contributed by atoms with E-state index >= 15 is 8.78 Å². The molecule has 7 rings (SSSR count). The molecule has 1 aliphatic carbocycles. The number of ether oxygens (including phenoxy) is 2. The van der Waals surface area contributed by atoms with Crippen molar-refractivity contribution in [3.05, 3.63) is 135 Å². The number of halogens is 2. The first kappa shape index (κ1) is 41.4. The lowest BCUT2D eigenvalue weighted by molar-refractivity contribution is -0.152. The van der Waals surface area contributed by atoms with Crippen LogP contribution in [0.3, 0.4) is 0 Å². The summed E-state index contributed by atoms with van der Waals surface area (Å²) in [6.07, 6.45) is 10.4. The maximum absolute atomic E-state index is 15.6. The van der Waals surface area contributed by atoms with Gasteiger partial charge in [0.2, 0.25) is 0 Å². The standard InChI is InChI=1S/C41H38F2N8O8S/c1-50-36-22-44-15-14-30(36)39(53)51(41(50)55)27-11-10-26(45-21-27)16-35(40(54)59-28-6-4-3-5-7-28)48-38(52)31-17-33(43)34(18-32(31)42)49-60(56,57)29-12-8-24(9-13-29)25-19-46-37(23-58-2)47-20-25/h8-15,17-22,28,35,49H,3-7,16,23H2,1-2H3,(H,48,52)/t35-/m0/s1. The number of fused-ring (bicyclic) bond motifs is 1. The highest BCUT2D eigenvalue weighted by molar-refractivity contribution is 7.92. The molecule has 16 nitrogen and oxygen atoms in total. The molecule has 4 aromatic heterocycles. The van der Waals surface area contributed by atoms with Gasteiger partial charge in [0, 0.05) is 56.5 Å². The van der Waals surface area contributed by atoms with Crippen molar-refractivity contribution >= 4 is 38.5 Å². The molecule has 19 heteroatoms. The molecule has 1 atom stereocenters. The summed E-state index contributed by atoms with van der Waals surface area (Å²) in [6.45, 7) is 0.221. The third kappa shape index (κ3) is 8.96. The highest BCUT2D eigenvalue weighted by Gasteiger charge is 2.29. The lowest BCUT2D eigenvalue weighted by Gasteiger charge is -2.25. The minimum atomic E-state index is -4.43. The number of nitrogens with zero attached hydrogens (tertiary/aromatic N) is 6. The van der Waals surface area contributed by atoms with Crippen LogP contribution < -0.4 is 21.3 Å². The van der Waals surface area contributed by atoms with Gasteiger partial charge in [-0.25, -0.2) is 41.3 Å². The van der Waals surface area contributed by atoms with Gasteiger partial charge in [-0.15, -0.1) is 0 Å². The Morgan fingerprint density at radius 2 is 1.63 bits per heavy atom. The number of sulfonamides is 1. The zero-order valence-corrected chi connectivity index (χ0v) is 33.1. The number of anilines is 1. The predicted octanol–water partition coefficient (Wildman–Crippen LogP) is 4.38. The highest BCUT2D eigenvalue weighted by atomic mass is 32.2. The number of aryl methyl sites for hydroxylation is 1. The molecule has 1 fully saturated rings. The van der Waals surface area contributed by atoms with Crippen molar-refractivity contribution in [2.75, 3.05) is 11.8 Å². The average Bonchev–Trinajstić information content (AvgIpc) is 3.25. The van der Waals surface area contributed by atoms with Gasteiger partial charge in [-0.1, -0.05) is 18.6 Å². The molecule has 1 amide bonds. The Morgan fingerprint density at radius 3 is 2.32 bits per heavy atom. The van der Waals surface area contributed by atoms with E-state index in [-0.39, 0.29) is 34.7 Å². The first-order valence-corrected chi connectivity index (χ1v) is 20.3. The Hall–Kier alpha value is -6.73. The Morgan fingerprint density at radius 1 is 0.900 bits per heavy atom.